The molecule has 3 atom stereocenters. The van der Waals surface area contributed by atoms with Crippen molar-refractivity contribution in [2.75, 3.05) is 12.8 Å². The number of nitrogens with two attached hydrogens (primary N) is 1. The van der Waals surface area contributed by atoms with Crippen molar-refractivity contribution >= 4 is 15.7 Å². The molecule has 2 aliphatic carbocycles. The standard InChI is InChI=1S/C14H20N2O3S/c1-19-11-4-5-14(12(15)8-11)20(17,18)16-13-7-9-2-3-10(13)6-9/h4-5,8-10,13,16H,2-3,6-7,15H2,1H3. The highest BCUT2D eigenvalue weighted by Gasteiger charge is 2.41. The van der Waals surface area contributed by atoms with Gasteiger partial charge >= 0.3 is 0 Å². The molecule has 1 aromatic rings. The molecular formula is C14H20N2O3S. The number of benzene rings is 1. The van der Waals surface area contributed by atoms with Gasteiger partial charge in [0.15, 0.2) is 0 Å². The topological polar surface area (TPSA) is 81.4 Å². The smallest absolute Gasteiger partial charge is 0.242 e. The van der Waals surface area contributed by atoms with Crippen LogP contribution in [-0.2, 0) is 10.0 Å². The first-order valence-electron chi connectivity index (χ1n) is 6.95. The van der Waals surface area contributed by atoms with Crippen molar-refractivity contribution < 1.29 is 13.2 Å². The lowest BCUT2D eigenvalue weighted by atomic mass is 9.96. The minimum Gasteiger partial charge on any atom is -0.497 e. The summed E-state index contributed by atoms with van der Waals surface area (Å²) in [5.41, 5.74) is 6.06. The van der Waals surface area contributed by atoms with Crippen LogP contribution < -0.4 is 15.2 Å². The summed E-state index contributed by atoms with van der Waals surface area (Å²) in [4.78, 5) is 0.140. The van der Waals surface area contributed by atoms with Gasteiger partial charge in [0.25, 0.3) is 0 Å². The van der Waals surface area contributed by atoms with E-state index < -0.39 is 10.0 Å². The van der Waals surface area contributed by atoms with E-state index in [1.165, 1.54) is 25.7 Å². The molecule has 0 spiro atoms. The molecule has 0 aliphatic heterocycles. The number of methoxy groups -OCH3 is 1. The molecule has 2 saturated carbocycles. The molecule has 3 N–H and O–H groups in total. The summed E-state index contributed by atoms with van der Waals surface area (Å²) < 4.78 is 32.8. The SMILES string of the molecule is COc1ccc(S(=O)(=O)NC2CC3CCC2C3)c(N)c1. The number of nitrogen functional groups attached to an aromatic ring is 1. The highest BCUT2D eigenvalue weighted by molar-refractivity contribution is 7.89. The summed E-state index contributed by atoms with van der Waals surface area (Å²) in [5.74, 6) is 1.75. The van der Waals surface area contributed by atoms with E-state index in [1.54, 1.807) is 6.07 Å². The number of hydrogen-bond donors (Lipinski definition) is 2. The second kappa shape index (κ2) is 4.93. The molecule has 20 heavy (non-hydrogen) atoms. The number of nitrogens with one attached hydrogen (secondary N) is 1. The van der Waals surface area contributed by atoms with Crippen molar-refractivity contribution in [3.05, 3.63) is 18.2 Å². The van der Waals surface area contributed by atoms with Crippen molar-refractivity contribution in [2.24, 2.45) is 11.8 Å². The molecule has 6 heteroatoms. The van der Waals surface area contributed by atoms with Crippen LogP contribution >= 0.6 is 0 Å². The van der Waals surface area contributed by atoms with Crippen molar-refractivity contribution in [1.29, 1.82) is 0 Å². The molecule has 110 valence electrons. The van der Waals surface area contributed by atoms with Crippen molar-refractivity contribution in [3.8, 4) is 5.75 Å². The Morgan fingerprint density at radius 2 is 2.10 bits per heavy atom. The molecule has 2 fully saturated rings. The fraction of sp³-hybridized carbons (Fsp3) is 0.571. The average Bonchev–Trinajstić information content (AvgIpc) is 2.99. The number of anilines is 1. The second-order valence-electron chi connectivity index (χ2n) is 5.81. The van der Waals surface area contributed by atoms with Gasteiger partial charge in [0.1, 0.15) is 10.6 Å². The molecule has 0 aromatic heterocycles. The van der Waals surface area contributed by atoms with E-state index in [-0.39, 0.29) is 16.6 Å². The molecule has 2 aliphatic rings. The van der Waals surface area contributed by atoms with Crippen LogP contribution in [0.1, 0.15) is 25.7 Å². The lowest BCUT2D eigenvalue weighted by Crippen LogP contribution is -2.38. The van der Waals surface area contributed by atoms with Crippen molar-refractivity contribution in [1.82, 2.24) is 4.72 Å². The fourth-order valence-electron chi connectivity index (χ4n) is 3.55. The van der Waals surface area contributed by atoms with Gasteiger partial charge in [-0.3, -0.25) is 0 Å². The summed E-state index contributed by atoms with van der Waals surface area (Å²) >= 11 is 0. The van der Waals surface area contributed by atoms with E-state index in [2.05, 4.69) is 4.72 Å². The Morgan fingerprint density at radius 1 is 1.30 bits per heavy atom. The van der Waals surface area contributed by atoms with Crippen LogP contribution in [0.4, 0.5) is 5.69 Å². The van der Waals surface area contributed by atoms with Gasteiger partial charge < -0.3 is 10.5 Å². The van der Waals surface area contributed by atoms with Crippen LogP contribution in [0.15, 0.2) is 23.1 Å². The quantitative estimate of drug-likeness (QED) is 0.829. The van der Waals surface area contributed by atoms with E-state index >= 15 is 0 Å². The molecule has 5 nitrogen and oxygen atoms in total. The molecule has 3 unspecified atom stereocenters. The third kappa shape index (κ3) is 2.38. The Morgan fingerprint density at radius 3 is 2.65 bits per heavy atom. The van der Waals surface area contributed by atoms with Crippen LogP contribution in [0.25, 0.3) is 0 Å². The second-order valence-corrected chi connectivity index (χ2v) is 7.49. The molecule has 0 amide bonds. The monoisotopic (exact) mass is 296 g/mol. The van der Waals surface area contributed by atoms with Crippen LogP contribution in [-0.4, -0.2) is 21.6 Å². The summed E-state index contributed by atoms with van der Waals surface area (Å²) in [7, 11) is -2.03. The number of ether oxygens (including phenoxy) is 1. The number of hydrogen-bond acceptors (Lipinski definition) is 4. The normalized spacial score (nSPS) is 28.8. The summed E-state index contributed by atoms with van der Waals surface area (Å²) in [5, 5.41) is 0. The largest absolute Gasteiger partial charge is 0.497 e. The van der Waals surface area contributed by atoms with Gasteiger partial charge in [-0.05, 0) is 43.2 Å². The lowest BCUT2D eigenvalue weighted by molar-refractivity contribution is 0.390. The first kappa shape index (κ1) is 13.7. The maximum absolute atomic E-state index is 12.5. The van der Waals surface area contributed by atoms with Gasteiger partial charge in [0.2, 0.25) is 10.0 Å². The van der Waals surface area contributed by atoms with Crippen LogP contribution in [0.5, 0.6) is 5.75 Å². The first-order valence-corrected chi connectivity index (χ1v) is 8.44. The highest BCUT2D eigenvalue weighted by atomic mass is 32.2. The van der Waals surface area contributed by atoms with E-state index in [0.717, 1.165) is 19.3 Å². The zero-order chi connectivity index (χ0) is 14.3. The number of fused-ring (bicyclic) bond motifs is 2. The minimum absolute atomic E-state index is 0.0697. The molecule has 2 bridgehead atoms. The van der Waals surface area contributed by atoms with Crippen LogP contribution in [0, 0.1) is 11.8 Å². The Kier molecular flexibility index (Phi) is 3.38. The molecule has 0 saturated heterocycles. The van der Waals surface area contributed by atoms with Crippen molar-refractivity contribution in [3.63, 3.8) is 0 Å². The third-order valence-electron chi connectivity index (χ3n) is 4.55. The van der Waals surface area contributed by atoms with E-state index in [0.29, 0.717) is 17.6 Å². The van der Waals surface area contributed by atoms with Gasteiger partial charge in [0, 0.05) is 12.1 Å². The Balaban J connectivity index is 1.81. The molecular weight excluding hydrogens is 276 g/mol. The molecule has 0 radical (unpaired) electrons. The highest BCUT2D eigenvalue weighted by Crippen LogP contribution is 2.45. The summed E-state index contributed by atoms with van der Waals surface area (Å²) in [6, 6.07) is 4.73. The van der Waals surface area contributed by atoms with Gasteiger partial charge in [0.05, 0.1) is 12.8 Å². The van der Waals surface area contributed by atoms with Gasteiger partial charge in [-0.15, -0.1) is 0 Å². The third-order valence-corrected chi connectivity index (χ3v) is 6.11. The maximum Gasteiger partial charge on any atom is 0.242 e. The Bertz CT molecular complexity index is 615. The predicted molar refractivity (Wildman–Crippen MR) is 77.0 cm³/mol. The fourth-order valence-corrected chi connectivity index (χ4v) is 4.98. The maximum atomic E-state index is 12.5. The Hall–Kier alpha value is -1.27. The van der Waals surface area contributed by atoms with Gasteiger partial charge in [-0.25, -0.2) is 13.1 Å². The van der Waals surface area contributed by atoms with Gasteiger partial charge in [-0.1, -0.05) is 6.42 Å². The van der Waals surface area contributed by atoms with E-state index in [4.69, 9.17) is 10.5 Å². The predicted octanol–water partition coefficient (Wildman–Crippen LogP) is 1.74. The summed E-state index contributed by atoms with van der Waals surface area (Å²) in [6.07, 6.45) is 4.49. The first-order chi connectivity index (χ1) is 9.49. The summed E-state index contributed by atoms with van der Waals surface area (Å²) in [6.45, 7) is 0. The zero-order valence-electron chi connectivity index (χ0n) is 11.5. The molecule has 3 rings (SSSR count). The van der Waals surface area contributed by atoms with Gasteiger partial charge in [-0.2, -0.15) is 0 Å². The lowest BCUT2D eigenvalue weighted by Gasteiger charge is -2.23. The molecule has 0 heterocycles. The zero-order valence-corrected chi connectivity index (χ0v) is 12.3. The van der Waals surface area contributed by atoms with E-state index in [9.17, 15) is 8.42 Å². The molecule has 1 aromatic carbocycles. The minimum atomic E-state index is -3.55. The Labute approximate surface area is 119 Å². The van der Waals surface area contributed by atoms with E-state index in [1.807, 2.05) is 0 Å². The number of rotatable bonds is 4. The van der Waals surface area contributed by atoms with Crippen LogP contribution in [0.2, 0.25) is 0 Å². The van der Waals surface area contributed by atoms with Crippen LogP contribution in [0.3, 0.4) is 0 Å². The van der Waals surface area contributed by atoms with Crippen molar-refractivity contribution in [2.45, 2.75) is 36.6 Å². The average molecular weight is 296 g/mol. The number of sulfonamides is 1.